The van der Waals surface area contributed by atoms with Crippen LogP contribution in [0.4, 0.5) is 11.7 Å². The quantitative estimate of drug-likeness (QED) is 0.511. The Morgan fingerprint density at radius 1 is 0.889 bits per heavy atom. The smallest absolute Gasteiger partial charge is 0.144 e. The molecule has 0 radical (unpaired) electrons. The van der Waals surface area contributed by atoms with E-state index in [9.17, 15) is 11.7 Å². The average molecular weight is 320 g/mol. The fraction of sp³-hybridized carbons (Fsp3) is 0.0769. The van der Waals surface area contributed by atoms with Gasteiger partial charge in [-0.25, -0.2) is 11.1 Å². The zero-order valence-corrected chi connectivity index (χ0v) is 11.2. The molecule has 2 rings (SSSR count). The van der Waals surface area contributed by atoms with Crippen molar-refractivity contribution in [2.75, 3.05) is 6.26 Å². The summed E-state index contributed by atoms with van der Waals surface area (Å²) >= 11 is 3.28. The third kappa shape index (κ3) is 8.23. The number of hydrogen-bond donors (Lipinski definition) is 0. The molecule has 0 nitrogen and oxygen atoms in total. The molecule has 0 bridgehead atoms. The van der Waals surface area contributed by atoms with E-state index in [2.05, 4.69) is 26.5 Å². The van der Waals surface area contributed by atoms with E-state index in [0.29, 0.717) is 0 Å². The Labute approximate surface area is 112 Å². The Morgan fingerprint density at radius 3 is 1.44 bits per heavy atom. The Balaban J connectivity index is 0.000000232. The predicted octanol–water partition coefficient (Wildman–Crippen LogP) is 5.03. The first-order valence-corrected chi connectivity index (χ1v) is 8.04. The van der Waals surface area contributed by atoms with Gasteiger partial charge in [-0.1, -0.05) is 0 Å². The number of halogens is 3. The van der Waals surface area contributed by atoms with Crippen molar-refractivity contribution in [1.82, 2.24) is 0 Å². The van der Waals surface area contributed by atoms with Crippen molar-refractivity contribution in [1.29, 1.82) is 0 Å². The molecule has 0 atom stereocenters. The number of benzene rings is 2. The van der Waals surface area contributed by atoms with Gasteiger partial charge in [-0.2, -0.15) is 48.5 Å². The summed E-state index contributed by atoms with van der Waals surface area (Å²) in [7, 11) is -5.79. The molecular formula is C13H11CuF3S-2. The monoisotopic (exact) mass is 319 g/mol. The Morgan fingerprint density at radius 2 is 1.22 bits per heavy atom. The molecule has 0 saturated carbocycles. The summed E-state index contributed by atoms with van der Waals surface area (Å²) in [5.41, 5.74) is 2.19. The fourth-order valence-electron chi connectivity index (χ4n) is 1.12. The molecule has 5 heteroatoms. The van der Waals surface area contributed by atoms with Crippen molar-refractivity contribution in [3.05, 3.63) is 60.7 Å². The van der Waals surface area contributed by atoms with E-state index in [4.69, 9.17) is 0 Å². The van der Waals surface area contributed by atoms with E-state index >= 15 is 0 Å². The van der Waals surface area contributed by atoms with Crippen molar-refractivity contribution < 1.29 is 26.0 Å². The first kappa shape index (κ1) is 15.2. The summed E-state index contributed by atoms with van der Waals surface area (Å²) in [4.78, 5) is 0. The van der Waals surface area contributed by atoms with Gasteiger partial charge in [-0.15, -0.1) is 12.1 Å². The van der Waals surface area contributed by atoms with Gasteiger partial charge >= 0.3 is 40.5 Å². The summed E-state index contributed by atoms with van der Waals surface area (Å²) in [6.45, 7) is 0. The van der Waals surface area contributed by atoms with Crippen LogP contribution in [0.25, 0.3) is 11.1 Å². The van der Waals surface area contributed by atoms with Crippen LogP contribution in [0.15, 0.2) is 48.5 Å². The zero-order valence-electron chi connectivity index (χ0n) is 9.46. The molecule has 0 aliphatic heterocycles. The molecule has 0 fully saturated rings. The van der Waals surface area contributed by atoms with Crippen LogP contribution in [-0.4, -0.2) is 6.26 Å². The third-order valence-electron chi connectivity index (χ3n) is 1.71. The summed E-state index contributed by atoms with van der Waals surface area (Å²) in [6.07, 6.45) is 0.122. The summed E-state index contributed by atoms with van der Waals surface area (Å²) < 4.78 is 32.9. The van der Waals surface area contributed by atoms with Crippen LogP contribution >= 0.6 is 8.24 Å². The van der Waals surface area contributed by atoms with Crippen LogP contribution < -0.4 is 0 Å². The number of hydrogen-bond acceptors (Lipinski definition) is 0. The van der Waals surface area contributed by atoms with Gasteiger partial charge in [0.25, 0.3) is 0 Å². The molecule has 0 unspecified atom stereocenters. The zero-order chi connectivity index (χ0) is 13.7. The van der Waals surface area contributed by atoms with Gasteiger partial charge < -0.3 is 0 Å². The minimum absolute atomic E-state index is 0.122. The second-order valence-corrected chi connectivity index (χ2v) is 7.72. The normalized spacial score (nSPS) is 12.9. The molecule has 0 aliphatic rings. The van der Waals surface area contributed by atoms with Crippen molar-refractivity contribution in [2.45, 2.75) is 0 Å². The van der Waals surface area contributed by atoms with E-state index in [1.807, 2.05) is 48.5 Å². The fourth-order valence-corrected chi connectivity index (χ4v) is 1.12. The van der Waals surface area contributed by atoms with Gasteiger partial charge in [0.05, 0.1) is 0 Å². The average Bonchev–Trinajstić information content (AvgIpc) is 2.28. The molecule has 0 heterocycles. The van der Waals surface area contributed by atoms with Crippen molar-refractivity contribution in [3.8, 4) is 11.1 Å². The van der Waals surface area contributed by atoms with Crippen LogP contribution in [0.2, 0.25) is 0 Å². The second-order valence-electron chi connectivity index (χ2n) is 3.45. The molecule has 2 aromatic rings. The van der Waals surface area contributed by atoms with Crippen molar-refractivity contribution in [2.24, 2.45) is 0 Å². The molecule has 0 aliphatic carbocycles. The minimum atomic E-state index is -5.79. The first-order chi connectivity index (χ1) is 8.20. The van der Waals surface area contributed by atoms with Crippen LogP contribution in [0.5, 0.6) is 0 Å². The van der Waals surface area contributed by atoms with Crippen molar-refractivity contribution >= 4 is 8.24 Å². The van der Waals surface area contributed by atoms with Crippen molar-refractivity contribution in [3.63, 3.8) is 0 Å². The molecule has 0 saturated heterocycles. The summed E-state index contributed by atoms with van der Waals surface area (Å²) in [6, 6.07) is 22.1. The largest absolute Gasteiger partial charge is 0.226 e. The van der Waals surface area contributed by atoms with E-state index in [0.717, 1.165) is 11.1 Å². The van der Waals surface area contributed by atoms with E-state index < -0.39 is 8.24 Å². The van der Waals surface area contributed by atoms with Gasteiger partial charge in [-0.3, -0.25) is 0 Å². The third-order valence-corrected chi connectivity index (χ3v) is 1.71. The number of rotatable bonds is 1. The van der Waals surface area contributed by atoms with E-state index in [1.54, 1.807) is 0 Å². The van der Waals surface area contributed by atoms with Gasteiger partial charge in [0.15, 0.2) is 0 Å². The Kier molecular flexibility index (Phi) is 4.91. The Bertz CT molecular complexity index is 488. The second kappa shape index (κ2) is 5.83. The van der Waals surface area contributed by atoms with Crippen LogP contribution in [0.1, 0.15) is 0 Å². The predicted molar refractivity (Wildman–Crippen MR) is 66.4 cm³/mol. The molecule has 0 spiro atoms. The molecule has 0 amide bonds. The molecule has 103 valence electrons. The maximum absolute atomic E-state index is 11.0. The van der Waals surface area contributed by atoms with Gasteiger partial charge in [0.2, 0.25) is 0 Å². The summed E-state index contributed by atoms with van der Waals surface area (Å²) in [5.74, 6) is 0. The molecule has 0 N–H and O–H groups in total. The first-order valence-electron chi connectivity index (χ1n) is 4.90. The standard InChI is InChI=1S/C12H8.CH3F3S.Cu/c1-3-7-11(8-4-1)12-9-5-2-6-10-12;1-5(2,3)4;/h1-7,9H;1H3;/q-2;;. The Hall–Kier alpha value is -0.901. The van der Waals surface area contributed by atoms with E-state index in [1.165, 1.54) is 0 Å². The minimum Gasteiger partial charge on any atom is -0.226 e. The molecule has 18 heavy (non-hydrogen) atoms. The van der Waals surface area contributed by atoms with Crippen LogP contribution in [-0.2, 0) is 14.4 Å². The molecule has 2 aromatic carbocycles. The van der Waals surface area contributed by atoms with Crippen LogP contribution in [0, 0.1) is 12.1 Å². The maximum Gasteiger partial charge on any atom is -0.144 e. The van der Waals surface area contributed by atoms with Gasteiger partial charge in [-0.05, 0) is 0 Å². The molecular weight excluding hydrogens is 309 g/mol. The molecule has 0 aromatic heterocycles. The van der Waals surface area contributed by atoms with Gasteiger partial charge in [0.1, 0.15) is 0 Å². The topological polar surface area (TPSA) is 0 Å². The van der Waals surface area contributed by atoms with E-state index in [-0.39, 0.29) is 6.26 Å². The van der Waals surface area contributed by atoms with Gasteiger partial charge in [0, 0.05) is 0 Å². The maximum atomic E-state index is 11.0. The van der Waals surface area contributed by atoms with Crippen LogP contribution in [0.3, 0.4) is 0 Å². The summed E-state index contributed by atoms with van der Waals surface area (Å²) in [5, 5.41) is 0. The SMILES string of the molecule is C[S](F)(F)(F)=[Cu].[c-]1ccccc1-c1[c-]cccc1.